The molecule has 0 amide bonds. The van der Waals surface area contributed by atoms with E-state index in [2.05, 4.69) is 15.3 Å². The van der Waals surface area contributed by atoms with Gasteiger partial charge in [-0.05, 0) is 66.2 Å². The van der Waals surface area contributed by atoms with E-state index in [9.17, 15) is 9.59 Å². The minimum atomic E-state index is -0.595. The van der Waals surface area contributed by atoms with Crippen LogP contribution in [0.2, 0.25) is 0 Å². The number of nitrogens with one attached hydrogen (secondary N) is 3. The van der Waals surface area contributed by atoms with E-state index in [-0.39, 0.29) is 23.8 Å². The van der Waals surface area contributed by atoms with Crippen LogP contribution in [-0.2, 0) is 9.53 Å². The first-order valence-electron chi connectivity index (χ1n) is 9.17. The van der Waals surface area contributed by atoms with Gasteiger partial charge in [0.05, 0.1) is 10.9 Å². The molecule has 7 heteroatoms. The van der Waals surface area contributed by atoms with E-state index >= 15 is 0 Å². The molecule has 0 saturated carbocycles. The van der Waals surface area contributed by atoms with Crippen molar-refractivity contribution in [1.29, 1.82) is 0 Å². The van der Waals surface area contributed by atoms with Crippen LogP contribution < -0.4 is 15.7 Å². The van der Waals surface area contributed by atoms with Crippen LogP contribution in [0.15, 0.2) is 16.9 Å². The fourth-order valence-electron chi connectivity index (χ4n) is 2.43. The zero-order valence-corrected chi connectivity index (χ0v) is 17.3. The lowest BCUT2D eigenvalue weighted by Gasteiger charge is -2.27. The van der Waals surface area contributed by atoms with Crippen LogP contribution in [0.4, 0.5) is 0 Å². The molecule has 0 fully saturated rings. The molecule has 0 aliphatic carbocycles. The normalized spacial score (nSPS) is 13.6. The second-order valence-corrected chi connectivity index (χ2v) is 8.98. The van der Waals surface area contributed by atoms with E-state index < -0.39 is 11.5 Å². The van der Waals surface area contributed by atoms with Crippen LogP contribution in [0.25, 0.3) is 11.0 Å². The Morgan fingerprint density at radius 1 is 1.15 bits per heavy atom. The Balaban J connectivity index is 2.17. The molecule has 150 valence electrons. The third kappa shape index (κ3) is 6.13. The summed E-state index contributed by atoms with van der Waals surface area (Å²) in [6.07, 6.45) is -0.461. The molecule has 2 rings (SSSR count). The summed E-state index contributed by atoms with van der Waals surface area (Å²) in [6, 6.07) is 3.73. The van der Waals surface area contributed by atoms with Gasteiger partial charge in [-0.3, -0.25) is 4.79 Å². The number of aromatic nitrogens is 2. The van der Waals surface area contributed by atoms with Crippen LogP contribution in [-0.4, -0.2) is 40.7 Å². The molecule has 3 N–H and O–H groups in total. The molecule has 7 nitrogen and oxygen atoms in total. The van der Waals surface area contributed by atoms with Crippen molar-refractivity contribution in [2.24, 2.45) is 5.41 Å². The van der Waals surface area contributed by atoms with Crippen LogP contribution in [0, 0.1) is 12.3 Å². The van der Waals surface area contributed by atoms with Gasteiger partial charge in [-0.25, -0.2) is 4.79 Å². The summed E-state index contributed by atoms with van der Waals surface area (Å²) < 4.78 is 11.6. The summed E-state index contributed by atoms with van der Waals surface area (Å²) in [5.74, 6) is 0.271. The number of fused-ring (bicyclic) bond motifs is 1. The lowest BCUT2D eigenvalue weighted by atomic mass is 9.97. The predicted molar refractivity (Wildman–Crippen MR) is 106 cm³/mol. The quantitative estimate of drug-likeness (QED) is 0.673. The number of carbonyl (C=O) groups is 1. The highest BCUT2D eigenvalue weighted by Gasteiger charge is 2.27. The Hall–Kier alpha value is -2.28. The molecular formula is C20H31N3O4. The van der Waals surface area contributed by atoms with Gasteiger partial charge in [-0.15, -0.1) is 0 Å². The summed E-state index contributed by atoms with van der Waals surface area (Å²) >= 11 is 0. The third-order valence-corrected chi connectivity index (χ3v) is 3.90. The molecule has 0 aliphatic rings. The lowest BCUT2D eigenvalue weighted by Crippen LogP contribution is -2.45. The number of benzene rings is 1. The number of hydrogen-bond donors (Lipinski definition) is 3. The van der Waals surface area contributed by atoms with Crippen molar-refractivity contribution in [2.45, 2.75) is 60.1 Å². The van der Waals surface area contributed by atoms with Gasteiger partial charge in [-0.2, -0.15) is 0 Å². The van der Waals surface area contributed by atoms with Gasteiger partial charge in [0.25, 0.3) is 0 Å². The zero-order chi connectivity index (χ0) is 20.4. The van der Waals surface area contributed by atoms with Gasteiger partial charge in [-0.1, -0.05) is 0 Å². The summed E-state index contributed by atoms with van der Waals surface area (Å²) in [5.41, 5.74) is 1.26. The maximum atomic E-state index is 12.3. The highest BCUT2D eigenvalue weighted by atomic mass is 16.6. The van der Waals surface area contributed by atoms with E-state index in [1.807, 2.05) is 60.6 Å². The lowest BCUT2D eigenvalue weighted by molar-refractivity contribution is -0.160. The Kier molecular flexibility index (Phi) is 6.04. The second-order valence-electron chi connectivity index (χ2n) is 8.98. The van der Waals surface area contributed by atoms with Gasteiger partial charge in [0.2, 0.25) is 0 Å². The maximum absolute atomic E-state index is 12.3. The third-order valence-electron chi connectivity index (χ3n) is 3.90. The summed E-state index contributed by atoms with van der Waals surface area (Å²) in [7, 11) is 0. The summed E-state index contributed by atoms with van der Waals surface area (Å²) in [4.78, 5) is 29.4. The molecular weight excluding hydrogens is 346 g/mol. The van der Waals surface area contributed by atoms with Crippen molar-refractivity contribution in [3.05, 3.63) is 28.2 Å². The van der Waals surface area contributed by atoms with E-state index in [1.54, 1.807) is 0 Å². The Morgan fingerprint density at radius 3 is 2.41 bits per heavy atom. The Bertz CT molecular complexity index is 853. The van der Waals surface area contributed by atoms with Gasteiger partial charge < -0.3 is 24.8 Å². The van der Waals surface area contributed by atoms with E-state index in [0.717, 1.165) is 5.56 Å². The second kappa shape index (κ2) is 7.76. The average molecular weight is 377 g/mol. The van der Waals surface area contributed by atoms with E-state index in [1.165, 1.54) is 0 Å². The van der Waals surface area contributed by atoms with Gasteiger partial charge in [0.15, 0.2) is 0 Å². The monoisotopic (exact) mass is 377 g/mol. The molecule has 1 aromatic carbocycles. The van der Waals surface area contributed by atoms with Crippen molar-refractivity contribution in [3.8, 4) is 5.75 Å². The largest absolute Gasteiger partial charge is 0.487 e. The smallest absolute Gasteiger partial charge is 0.323 e. The number of esters is 1. The first kappa shape index (κ1) is 21.0. The fourth-order valence-corrected chi connectivity index (χ4v) is 2.43. The fraction of sp³-hybridized carbons (Fsp3) is 0.600. The highest BCUT2D eigenvalue weighted by Crippen LogP contribution is 2.24. The van der Waals surface area contributed by atoms with Crippen molar-refractivity contribution < 1.29 is 14.3 Å². The molecule has 27 heavy (non-hydrogen) atoms. The number of ether oxygens (including phenoxy) is 2. The molecule has 1 atom stereocenters. The molecule has 1 heterocycles. The van der Waals surface area contributed by atoms with E-state index in [4.69, 9.17) is 9.47 Å². The van der Waals surface area contributed by atoms with Crippen molar-refractivity contribution in [3.63, 3.8) is 0 Å². The van der Waals surface area contributed by atoms with Crippen molar-refractivity contribution >= 4 is 17.0 Å². The zero-order valence-electron chi connectivity index (χ0n) is 17.3. The Labute approximate surface area is 159 Å². The molecule has 0 radical (unpaired) electrons. The van der Waals surface area contributed by atoms with Crippen LogP contribution in [0.5, 0.6) is 5.75 Å². The van der Waals surface area contributed by atoms with Crippen molar-refractivity contribution in [1.82, 2.24) is 15.3 Å². The first-order valence-corrected chi connectivity index (χ1v) is 9.17. The maximum Gasteiger partial charge on any atom is 0.323 e. The van der Waals surface area contributed by atoms with Gasteiger partial charge in [0.1, 0.15) is 24.0 Å². The summed E-state index contributed by atoms with van der Waals surface area (Å²) in [5, 5.41) is 3.35. The number of imidazole rings is 1. The number of rotatable bonds is 6. The summed E-state index contributed by atoms with van der Waals surface area (Å²) in [6.45, 7) is 14.2. The van der Waals surface area contributed by atoms with E-state index in [0.29, 0.717) is 23.3 Å². The molecule has 0 spiro atoms. The molecule has 1 aromatic heterocycles. The minimum absolute atomic E-state index is 0.116. The van der Waals surface area contributed by atoms with Crippen LogP contribution >= 0.6 is 0 Å². The molecule has 2 aromatic rings. The highest BCUT2D eigenvalue weighted by molar-refractivity contribution is 5.82. The number of aromatic amines is 2. The minimum Gasteiger partial charge on any atom is -0.487 e. The van der Waals surface area contributed by atoms with Crippen molar-refractivity contribution in [2.75, 3.05) is 13.2 Å². The number of carbonyl (C=O) groups excluding carboxylic acids is 1. The van der Waals surface area contributed by atoms with Gasteiger partial charge in [0, 0.05) is 12.1 Å². The van der Waals surface area contributed by atoms with Crippen LogP contribution in [0.1, 0.15) is 47.1 Å². The molecule has 0 aliphatic heterocycles. The molecule has 0 bridgehead atoms. The van der Waals surface area contributed by atoms with Crippen LogP contribution in [0.3, 0.4) is 0 Å². The number of H-pyrrole nitrogens is 2. The molecule has 0 saturated heterocycles. The molecule has 1 unspecified atom stereocenters. The predicted octanol–water partition coefficient (Wildman–Crippen LogP) is 2.89. The number of hydrogen-bond acceptors (Lipinski definition) is 5. The SMILES string of the molecule is Cc1cc(OCC(CNC(C)(C)C)OC(=O)C(C)(C)C)c2[nH]c(=O)[nH]c2c1. The topological polar surface area (TPSA) is 96.2 Å². The average Bonchev–Trinajstić information content (AvgIpc) is 2.87. The van der Waals surface area contributed by atoms with Gasteiger partial charge >= 0.3 is 11.7 Å². The first-order chi connectivity index (χ1) is 12.3. The number of aryl methyl sites for hydroxylation is 1. The Morgan fingerprint density at radius 2 is 1.81 bits per heavy atom. The standard InChI is InChI=1S/C20H31N3O4/c1-12-8-14-16(23-18(25)22-14)15(9-12)26-11-13(10-21-20(5,6)7)27-17(24)19(2,3)4/h8-9,13,21H,10-11H2,1-7H3,(H2,22,23,25).